The predicted molar refractivity (Wildman–Crippen MR) is 76.4 cm³/mol. The van der Waals surface area contributed by atoms with Crippen LogP contribution in [0.1, 0.15) is 42.5 Å². The lowest BCUT2D eigenvalue weighted by molar-refractivity contribution is -0.174. The highest BCUT2D eigenvalue weighted by atomic mass is 19.4. The molecule has 1 N–H and O–H groups in total. The Morgan fingerprint density at radius 1 is 1.24 bits per heavy atom. The quantitative estimate of drug-likeness (QED) is 0.774. The highest BCUT2D eigenvalue weighted by molar-refractivity contribution is 5.36. The molecular weight excluding hydrogens is 279 g/mol. The molecule has 0 radical (unpaired) electrons. The SMILES string of the molecule is CCNC(CCOCC(F)(F)F)c1ccc2c(c1)CCC2. The summed E-state index contributed by atoms with van der Waals surface area (Å²) in [5, 5.41) is 3.33. The van der Waals surface area contributed by atoms with Crippen LogP contribution in [0.3, 0.4) is 0 Å². The molecule has 0 amide bonds. The maximum absolute atomic E-state index is 12.1. The average Bonchev–Trinajstić information content (AvgIpc) is 2.88. The number of ether oxygens (including phenoxy) is 1. The van der Waals surface area contributed by atoms with Crippen molar-refractivity contribution in [3.05, 3.63) is 34.9 Å². The second-order valence-electron chi connectivity index (χ2n) is 5.45. The van der Waals surface area contributed by atoms with Gasteiger partial charge in [0.15, 0.2) is 0 Å². The number of fused-ring (bicyclic) bond motifs is 1. The van der Waals surface area contributed by atoms with Crippen molar-refractivity contribution >= 4 is 0 Å². The molecule has 21 heavy (non-hydrogen) atoms. The Balaban J connectivity index is 1.92. The van der Waals surface area contributed by atoms with E-state index in [1.807, 2.05) is 6.92 Å². The van der Waals surface area contributed by atoms with E-state index in [4.69, 9.17) is 4.74 Å². The van der Waals surface area contributed by atoms with Gasteiger partial charge in [-0.2, -0.15) is 13.2 Å². The summed E-state index contributed by atoms with van der Waals surface area (Å²) in [6.45, 7) is 1.71. The summed E-state index contributed by atoms with van der Waals surface area (Å²) in [7, 11) is 0. The van der Waals surface area contributed by atoms with Gasteiger partial charge in [-0.15, -0.1) is 0 Å². The Kier molecular flexibility index (Phi) is 5.65. The van der Waals surface area contributed by atoms with Gasteiger partial charge in [-0.1, -0.05) is 25.1 Å². The second kappa shape index (κ2) is 7.27. The molecule has 0 aromatic heterocycles. The number of benzene rings is 1. The molecule has 0 saturated carbocycles. The second-order valence-corrected chi connectivity index (χ2v) is 5.45. The van der Waals surface area contributed by atoms with E-state index in [0.717, 1.165) is 24.9 Å². The summed E-state index contributed by atoms with van der Waals surface area (Å²) >= 11 is 0. The van der Waals surface area contributed by atoms with Gasteiger partial charge in [-0.25, -0.2) is 0 Å². The summed E-state index contributed by atoms with van der Waals surface area (Å²) in [5.74, 6) is 0. The number of nitrogens with one attached hydrogen (secondary N) is 1. The van der Waals surface area contributed by atoms with E-state index >= 15 is 0 Å². The van der Waals surface area contributed by atoms with E-state index in [-0.39, 0.29) is 12.6 Å². The molecule has 1 aromatic carbocycles. The van der Waals surface area contributed by atoms with Crippen molar-refractivity contribution in [2.75, 3.05) is 19.8 Å². The van der Waals surface area contributed by atoms with E-state index in [1.54, 1.807) is 0 Å². The lowest BCUT2D eigenvalue weighted by atomic mass is 9.99. The fraction of sp³-hybridized carbons (Fsp3) is 0.625. The maximum atomic E-state index is 12.1. The minimum atomic E-state index is -4.25. The number of rotatable bonds is 7. The van der Waals surface area contributed by atoms with E-state index in [2.05, 4.69) is 23.5 Å². The molecule has 1 aliphatic rings. The van der Waals surface area contributed by atoms with Crippen molar-refractivity contribution in [1.29, 1.82) is 0 Å². The first-order chi connectivity index (χ1) is 9.99. The largest absolute Gasteiger partial charge is 0.411 e. The molecular formula is C16H22F3NO. The highest BCUT2D eigenvalue weighted by Crippen LogP contribution is 2.27. The van der Waals surface area contributed by atoms with Gasteiger partial charge in [0.2, 0.25) is 0 Å². The standard InChI is InChI=1S/C16H22F3NO/c1-2-20-15(8-9-21-11-16(17,18)19)14-7-6-12-4-3-5-13(12)10-14/h6-7,10,15,20H,2-5,8-9,11H2,1H3. The Morgan fingerprint density at radius 2 is 2.00 bits per heavy atom. The van der Waals surface area contributed by atoms with Gasteiger partial charge >= 0.3 is 6.18 Å². The molecule has 0 heterocycles. The third kappa shape index (κ3) is 5.00. The van der Waals surface area contributed by atoms with Crippen molar-refractivity contribution in [2.45, 2.75) is 44.8 Å². The van der Waals surface area contributed by atoms with Gasteiger partial charge in [0.25, 0.3) is 0 Å². The number of aryl methyl sites for hydroxylation is 2. The van der Waals surface area contributed by atoms with Gasteiger partial charge < -0.3 is 10.1 Å². The summed E-state index contributed by atoms with van der Waals surface area (Å²) in [6, 6.07) is 6.48. The lowest BCUT2D eigenvalue weighted by Gasteiger charge is -2.19. The molecule has 0 saturated heterocycles. The first-order valence-corrected chi connectivity index (χ1v) is 7.49. The van der Waals surface area contributed by atoms with Gasteiger partial charge in [0, 0.05) is 12.6 Å². The maximum Gasteiger partial charge on any atom is 0.411 e. The molecule has 0 spiro atoms. The minimum Gasteiger partial charge on any atom is -0.372 e. The van der Waals surface area contributed by atoms with Crippen LogP contribution in [0.4, 0.5) is 13.2 Å². The number of halogens is 3. The molecule has 1 atom stereocenters. The first kappa shape index (κ1) is 16.3. The van der Waals surface area contributed by atoms with Crippen LogP contribution in [0.2, 0.25) is 0 Å². The van der Waals surface area contributed by atoms with Gasteiger partial charge in [-0.3, -0.25) is 0 Å². The number of hydrogen-bond donors (Lipinski definition) is 1. The first-order valence-electron chi connectivity index (χ1n) is 7.49. The molecule has 0 fully saturated rings. The average molecular weight is 301 g/mol. The molecule has 118 valence electrons. The molecule has 0 aliphatic heterocycles. The number of alkyl halides is 3. The van der Waals surface area contributed by atoms with Crippen LogP contribution < -0.4 is 5.32 Å². The summed E-state index contributed by atoms with van der Waals surface area (Å²) in [4.78, 5) is 0. The zero-order chi connectivity index (χ0) is 15.3. The Bertz CT molecular complexity index is 459. The van der Waals surface area contributed by atoms with Crippen molar-refractivity contribution < 1.29 is 17.9 Å². The summed E-state index contributed by atoms with van der Waals surface area (Å²) in [6.07, 6.45) is -0.272. The molecule has 0 bridgehead atoms. The monoisotopic (exact) mass is 301 g/mol. The summed E-state index contributed by atoms with van der Waals surface area (Å²) in [5.41, 5.74) is 3.93. The minimum absolute atomic E-state index is 0.0501. The molecule has 5 heteroatoms. The van der Waals surface area contributed by atoms with Gasteiger partial charge in [0.1, 0.15) is 6.61 Å². The van der Waals surface area contributed by atoms with E-state index in [9.17, 15) is 13.2 Å². The fourth-order valence-electron chi connectivity index (χ4n) is 2.83. The Hall–Kier alpha value is -1.07. The summed E-state index contributed by atoms with van der Waals surface area (Å²) < 4.78 is 40.9. The van der Waals surface area contributed by atoms with Crippen molar-refractivity contribution in [2.24, 2.45) is 0 Å². The zero-order valence-corrected chi connectivity index (χ0v) is 12.3. The van der Waals surface area contributed by atoms with Crippen molar-refractivity contribution in [3.8, 4) is 0 Å². The lowest BCUT2D eigenvalue weighted by Crippen LogP contribution is -2.24. The van der Waals surface area contributed by atoms with Crippen LogP contribution in [0.5, 0.6) is 0 Å². The Labute approximate surface area is 123 Å². The van der Waals surface area contributed by atoms with Gasteiger partial charge in [-0.05, 0) is 48.9 Å². The van der Waals surface area contributed by atoms with Crippen LogP contribution in [0.15, 0.2) is 18.2 Å². The molecule has 2 rings (SSSR count). The van der Waals surface area contributed by atoms with Gasteiger partial charge in [0.05, 0.1) is 0 Å². The smallest absolute Gasteiger partial charge is 0.372 e. The molecule has 1 aliphatic carbocycles. The van der Waals surface area contributed by atoms with Crippen LogP contribution in [0, 0.1) is 0 Å². The molecule has 1 aromatic rings. The third-order valence-electron chi connectivity index (χ3n) is 3.79. The zero-order valence-electron chi connectivity index (χ0n) is 12.3. The van der Waals surface area contributed by atoms with Crippen LogP contribution in [-0.4, -0.2) is 25.9 Å². The predicted octanol–water partition coefficient (Wildman–Crippen LogP) is 3.79. The van der Waals surface area contributed by atoms with Crippen molar-refractivity contribution in [3.63, 3.8) is 0 Å². The highest BCUT2D eigenvalue weighted by Gasteiger charge is 2.27. The molecule has 1 unspecified atom stereocenters. The van der Waals surface area contributed by atoms with Crippen molar-refractivity contribution in [1.82, 2.24) is 5.32 Å². The van der Waals surface area contributed by atoms with E-state index in [0.29, 0.717) is 6.42 Å². The van der Waals surface area contributed by atoms with E-state index in [1.165, 1.54) is 17.5 Å². The van der Waals surface area contributed by atoms with E-state index < -0.39 is 12.8 Å². The van der Waals surface area contributed by atoms with Crippen LogP contribution >= 0.6 is 0 Å². The number of hydrogen-bond acceptors (Lipinski definition) is 2. The normalized spacial score (nSPS) is 16.0. The van der Waals surface area contributed by atoms with Crippen LogP contribution in [0.25, 0.3) is 0 Å². The Morgan fingerprint density at radius 3 is 2.71 bits per heavy atom. The van der Waals surface area contributed by atoms with Crippen LogP contribution in [-0.2, 0) is 17.6 Å². The topological polar surface area (TPSA) is 21.3 Å². The molecule has 2 nitrogen and oxygen atoms in total. The third-order valence-corrected chi connectivity index (χ3v) is 3.79. The fourth-order valence-corrected chi connectivity index (χ4v) is 2.83.